The van der Waals surface area contributed by atoms with Crippen LogP contribution in [0.3, 0.4) is 0 Å². The highest BCUT2D eigenvalue weighted by Gasteiger charge is 2.38. The molecular formula is C27H46O4Si. The summed E-state index contributed by atoms with van der Waals surface area (Å²) in [5, 5.41) is 0.175. The summed E-state index contributed by atoms with van der Waals surface area (Å²) < 4.78 is 11.4. The Morgan fingerprint density at radius 1 is 1.19 bits per heavy atom. The lowest BCUT2D eigenvalue weighted by atomic mass is 9.90. The number of ether oxygens (including phenoxy) is 1. The number of carbonyl (C=O) groups excluding carboxylic acids is 2. The third-order valence-corrected chi connectivity index (χ3v) is 11.2. The fourth-order valence-electron chi connectivity index (χ4n) is 3.55. The van der Waals surface area contributed by atoms with Crippen LogP contribution in [0.5, 0.6) is 0 Å². The van der Waals surface area contributed by atoms with Crippen molar-refractivity contribution in [3.8, 4) is 0 Å². The van der Waals surface area contributed by atoms with Gasteiger partial charge in [0.05, 0.1) is 13.2 Å². The maximum atomic E-state index is 12.4. The zero-order valence-electron chi connectivity index (χ0n) is 21.5. The first-order valence-electron chi connectivity index (χ1n) is 12.3. The van der Waals surface area contributed by atoms with E-state index in [0.29, 0.717) is 6.42 Å². The Balaban J connectivity index is 2.72. The molecule has 182 valence electrons. The Labute approximate surface area is 197 Å². The Morgan fingerprint density at radius 2 is 1.91 bits per heavy atom. The Hall–Kier alpha value is -1.46. The second kappa shape index (κ2) is 13.9. The van der Waals surface area contributed by atoms with Crippen LogP contribution in [0.15, 0.2) is 36.5 Å². The molecule has 0 aromatic heterocycles. The fraction of sp³-hybridized carbons (Fsp3) is 0.704. The standard InChI is InChI=1S/C27H46O4Si/c1-8-9-12-15-23(31-32(6,7)27(2,3)4)20-18-22-19-21-25(28)24(22)16-13-10-11-14-17-26(29)30-5/h10,13,18-24H,8-9,11-12,14-17H2,1-7H3/b13-10+,20-18+/t22-,23?,24+/m0/s1. The average molecular weight is 463 g/mol. The van der Waals surface area contributed by atoms with Crippen LogP contribution in [0.25, 0.3) is 0 Å². The van der Waals surface area contributed by atoms with Crippen molar-refractivity contribution in [2.45, 2.75) is 103 Å². The van der Waals surface area contributed by atoms with Crippen LogP contribution < -0.4 is 0 Å². The van der Waals surface area contributed by atoms with Gasteiger partial charge < -0.3 is 9.16 Å². The van der Waals surface area contributed by atoms with Crippen LogP contribution in [0.1, 0.15) is 79.1 Å². The van der Waals surface area contributed by atoms with Crippen molar-refractivity contribution in [1.29, 1.82) is 0 Å². The summed E-state index contributed by atoms with van der Waals surface area (Å²) in [7, 11) is -0.448. The molecule has 0 bridgehead atoms. The lowest BCUT2D eigenvalue weighted by Crippen LogP contribution is -2.43. The molecule has 1 aliphatic carbocycles. The van der Waals surface area contributed by atoms with Gasteiger partial charge in [-0.25, -0.2) is 0 Å². The van der Waals surface area contributed by atoms with Crippen LogP contribution in [0.4, 0.5) is 0 Å². The van der Waals surface area contributed by atoms with Crippen molar-refractivity contribution in [3.63, 3.8) is 0 Å². The predicted octanol–water partition coefficient (Wildman–Crippen LogP) is 7.17. The van der Waals surface area contributed by atoms with Gasteiger partial charge in [-0.3, -0.25) is 9.59 Å². The number of carbonyl (C=O) groups is 2. The first-order valence-corrected chi connectivity index (χ1v) is 15.2. The second-order valence-corrected chi connectivity index (χ2v) is 15.2. The molecule has 1 rings (SSSR count). The number of rotatable bonds is 14. The number of unbranched alkanes of at least 4 members (excludes halogenated alkanes) is 3. The summed E-state index contributed by atoms with van der Waals surface area (Å²) in [6, 6.07) is 0. The normalized spacial score (nSPS) is 20.5. The molecule has 0 saturated carbocycles. The molecule has 1 unspecified atom stereocenters. The van der Waals surface area contributed by atoms with Crippen molar-refractivity contribution in [3.05, 3.63) is 36.5 Å². The van der Waals surface area contributed by atoms with Gasteiger partial charge in [-0.15, -0.1) is 0 Å². The molecule has 3 atom stereocenters. The molecule has 1 aliphatic rings. The number of methoxy groups -OCH3 is 1. The lowest BCUT2D eigenvalue weighted by molar-refractivity contribution is -0.140. The van der Waals surface area contributed by atoms with Gasteiger partial charge >= 0.3 is 5.97 Å². The van der Waals surface area contributed by atoms with Crippen molar-refractivity contribution >= 4 is 20.1 Å². The summed E-state index contributed by atoms with van der Waals surface area (Å²) in [5.41, 5.74) is 0. The van der Waals surface area contributed by atoms with Crippen molar-refractivity contribution < 1.29 is 18.8 Å². The van der Waals surface area contributed by atoms with E-state index in [1.54, 1.807) is 6.08 Å². The number of allylic oxidation sites excluding steroid dienone is 5. The highest BCUT2D eigenvalue weighted by atomic mass is 28.4. The third kappa shape index (κ3) is 9.99. The summed E-state index contributed by atoms with van der Waals surface area (Å²) in [6.07, 6.45) is 19.8. The molecule has 0 N–H and O–H groups in total. The average Bonchev–Trinajstić information content (AvgIpc) is 3.07. The van der Waals surface area contributed by atoms with Gasteiger partial charge in [0.1, 0.15) is 0 Å². The van der Waals surface area contributed by atoms with E-state index in [-0.39, 0.29) is 34.7 Å². The summed E-state index contributed by atoms with van der Waals surface area (Å²) in [6.45, 7) is 13.7. The van der Waals surface area contributed by atoms with Crippen molar-refractivity contribution in [1.82, 2.24) is 0 Å². The molecule has 32 heavy (non-hydrogen) atoms. The Bertz CT molecular complexity index is 670. The van der Waals surface area contributed by atoms with E-state index >= 15 is 0 Å². The summed E-state index contributed by atoms with van der Waals surface area (Å²) in [4.78, 5) is 23.6. The van der Waals surface area contributed by atoms with Crippen molar-refractivity contribution in [2.24, 2.45) is 11.8 Å². The first-order chi connectivity index (χ1) is 15.0. The molecule has 0 spiro atoms. The van der Waals surface area contributed by atoms with Gasteiger partial charge in [0.15, 0.2) is 14.1 Å². The van der Waals surface area contributed by atoms with E-state index in [1.807, 2.05) is 6.08 Å². The van der Waals surface area contributed by atoms with Gasteiger partial charge in [0.2, 0.25) is 0 Å². The van der Waals surface area contributed by atoms with Gasteiger partial charge in [0, 0.05) is 18.3 Å². The lowest BCUT2D eigenvalue weighted by Gasteiger charge is -2.38. The summed E-state index contributed by atoms with van der Waals surface area (Å²) >= 11 is 0. The van der Waals surface area contributed by atoms with Gasteiger partial charge in [-0.2, -0.15) is 0 Å². The molecule has 0 aromatic rings. The quantitative estimate of drug-likeness (QED) is 0.119. The molecular weight excluding hydrogens is 416 g/mol. The smallest absolute Gasteiger partial charge is 0.305 e. The zero-order chi connectivity index (χ0) is 24.2. The molecule has 0 heterocycles. The maximum Gasteiger partial charge on any atom is 0.305 e. The zero-order valence-corrected chi connectivity index (χ0v) is 22.5. The minimum absolute atomic E-state index is 0.0349. The number of esters is 1. The van der Waals surface area contributed by atoms with Gasteiger partial charge in [-0.05, 0) is 49.9 Å². The van der Waals surface area contributed by atoms with E-state index in [2.05, 4.69) is 69.8 Å². The van der Waals surface area contributed by atoms with Crippen molar-refractivity contribution in [2.75, 3.05) is 7.11 Å². The number of hydrogen-bond acceptors (Lipinski definition) is 4. The number of hydrogen-bond donors (Lipinski definition) is 0. The number of ketones is 1. The van der Waals surface area contributed by atoms with E-state index in [0.717, 1.165) is 32.1 Å². The highest BCUT2D eigenvalue weighted by Crippen LogP contribution is 2.38. The second-order valence-electron chi connectivity index (χ2n) is 10.4. The Morgan fingerprint density at radius 3 is 2.53 bits per heavy atom. The third-order valence-electron chi connectivity index (χ3n) is 6.74. The molecule has 0 saturated heterocycles. The minimum Gasteiger partial charge on any atom is -0.469 e. The van der Waals surface area contributed by atoms with E-state index < -0.39 is 8.32 Å². The van der Waals surface area contributed by atoms with E-state index in [1.165, 1.54) is 20.0 Å². The molecule has 0 amide bonds. The molecule has 4 nitrogen and oxygen atoms in total. The SMILES string of the molecule is CCCCCC(/C=C/[C@H]1C=CC(=O)[C@@H]1C/C=C/CCCC(=O)OC)O[Si](C)(C)C(C)(C)C. The Kier molecular flexibility index (Phi) is 12.4. The molecule has 0 fully saturated rings. The van der Waals surface area contributed by atoms with Crippen LogP contribution in [0.2, 0.25) is 18.1 Å². The van der Waals surface area contributed by atoms with Crippen LogP contribution >= 0.6 is 0 Å². The molecule has 0 aromatic carbocycles. The van der Waals surface area contributed by atoms with Gasteiger partial charge in [0.25, 0.3) is 0 Å². The summed E-state index contributed by atoms with van der Waals surface area (Å²) in [5.74, 6) is 0.116. The topological polar surface area (TPSA) is 52.6 Å². The first kappa shape index (κ1) is 28.6. The fourth-order valence-corrected chi connectivity index (χ4v) is 4.86. The maximum absolute atomic E-state index is 12.4. The van der Waals surface area contributed by atoms with Gasteiger partial charge in [-0.1, -0.05) is 77.3 Å². The minimum atomic E-state index is -1.86. The largest absolute Gasteiger partial charge is 0.469 e. The molecule has 0 radical (unpaired) electrons. The van der Waals surface area contributed by atoms with Crippen LogP contribution in [0, 0.1) is 11.8 Å². The highest BCUT2D eigenvalue weighted by molar-refractivity contribution is 6.74. The van der Waals surface area contributed by atoms with E-state index in [4.69, 9.17) is 4.43 Å². The molecule has 5 heteroatoms. The van der Waals surface area contributed by atoms with Crippen LogP contribution in [-0.2, 0) is 18.8 Å². The van der Waals surface area contributed by atoms with E-state index in [9.17, 15) is 9.59 Å². The molecule has 0 aliphatic heterocycles. The monoisotopic (exact) mass is 462 g/mol. The predicted molar refractivity (Wildman–Crippen MR) is 136 cm³/mol. The van der Waals surface area contributed by atoms with Crippen LogP contribution in [-0.4, -0.2) is 33.3 Å².